The van der Waals surface area contributed by atoms with E-state index in [1.54, 1.807) is 37.4 Å². The van der Waals surface area contributed by atoms with Gasteiger partial charge in [-0.05, 0) is 54.1 Å². The lowest BCUT2D eigenvalue weighted by atomic mass is 10.2. The predicted molar refractivity (Wildman–Crippen MR) is 128 cm³/mol. The Morgan fingerprint density at radius 3 is 2.78 bits per heavy atom. The van der Waals surface area contributed by atoms with Gasteiger partial charge in [-0.1, -0.05) is 45.7 Å². The zero-order valence-corrected chi connectivity index (χ0v) is 19.3. The number of rotatable bonds is 7. The van der Waals surface area contributed by atoms with Crippen molar-refractivity contribution >= 4 is 50.6 Å². The summed E-state index contributed by atoms with van der Waals surface area (Å²) in [7, 11) is 1.56. The van der Waals surface area contributed by atoms with Crippen LogP contribution >= 0.6 is 27.5 Å². The Balaban J connectivity index is 1.41. The van der Waals surface area contributed by atoms with E-state index >= 15 is 0 Å². The van der Waals surface area contributed by atoms with Crippen LogP contribution in [-0.4, -0.2) is 19.2 Å². The number of carbonyl (C=O) groups excluding carboxylic acids is 1. The van der Waals surface area contributed by atoms with Crippen molar-refractivity contribution in [3.63, 3.8) is 0 Å². The number of hydrogen-bond donors (Lipinski definition) is 1. The second-order valence-electron chi connectivity index (χ2n) is 6.78. The van der Waals surface area contributed by atoms with Crippen molar-refractivity contribution in [2.75, 3.05) is 7.11 Å². The number of carbonyl (C=O) groups is 1. The summed E-state index contributed by atoms with van der Waals surface area (Å²) >= 11 is 9.57. The third-order valence-corrected chi connectivity index (χ3v) is 5.47. The van der Waals surface area contributed by atoms with Gasteiger partial charge in [0.15, 0.2) is 17.3 Å². The summed E-state index contributed by atoms with van der Waals surface area (Å²) in [6.07, 6.45) is 1.51. The Morgan fingerprint density at radius 1 is 1.12 bits per heavy atom. The number of hydrogen-bond acceptors (Lipinski definition) is 5. The van der Waals surface area contributed by atoms with E-state index in [9.17, 15) is 4.79 Å². The molecular formula is C24H18BrClN2O4. The van der Waals surface area contributed by atoms with Gasteiger partial charge in [0.25, 0.3) is 0 Å². The third-order valence-electron chi connectivity index (χ3n) is 4.61. The smallest absolute Gasteiger partial charge is 0.307 e. The molecule has 0 aliphatic carbocycles. The molecule has 6 nitrogen and oxygen atoms in total. The molecule has 1 heterocycles. The van der Waals surface area contributed by atoms with Crippen molar-refractivity contribution in [1.29, 1.82) is 0 Å². The number of amides is 1. The van der Waals surface area contributed by atoms with Crippen LogP contribution in [0.5, 0.6) is 11.5 Å². The Kier molecular flexibility index (Phi) is 6.78. The minimum absolute atomic E-state index is 0.177. The van der Waals surface area contributed by atoms with Gasteiger partial charge in [-0.2, -0.15) is 5.10 Å². The highest BCUT2D eigenvalue weighted by molar-refractivity contribution is 9.10. The van der Waals surface area contributed by atoms with Crippen LogP contribution in [0.2, 0.25) is 5.02 Å². The SMILES string of the molecule is COc1cc(/C=N/NC(=O)c2cc3cc(Br)ccc3o2)ccc1OCc1ccccc1Cl. The zero-order chi connectivity index (χ0) is 22.5. The van der Waals surface area contributed by atoms with E-state index in [-0.39, 0.29) is 5.76 Å². The lowest BCUT2D eigenvalue weighted by molar-refractivity contribution is 0.0929. The van der Waals surface area contributed by atoms with Crippen LogP contribution in [0.25, 0.3) is 11.0 Å². The van der Waals surface area contributed by atoms with Gasteiger partial charge >= 0.3 is 5.91 Å². The van der Waals surface area contributed by atoms with E-state index in [1.165, 1.54) is 6.21 Å². The molecule has 0 saturated carbocycles. The summed E-state index contributed by atoms with van der Waals surface area (Å²) in [4.78, 5) is 12.3. The van der Waals surface area contributed by atoms with Crippen LogP contribution in [0.15, 0.2) is 80.7 Å². The molecule has 0 bridgehead atoms. The number of nitrogens with one attached hydrogen (secondary N) is 1. The number of benzene rings is 3. The summed E-state index contributed by atoms with van der Waals surface area (Å²) in [5.41, 5.74) is 4.69. The molecule has 0 unspecified atom stereocenters. The van der Waals surface area contributed by atoms with Gasteiger partial charge in [0.05, 0.1) is 13.3 Å². The monoisotopic (exact) mass is 512 g/mol. The average molecular weight is 514 g/mol. The molecule has 1 amide bonds. The fourth-order valence-corrected chi connectivity index (χ4v) is 3.57. The van der Waals surface area contributed by atoms with Gasteiger partial charge < -0.3 is 13.9 Å². The van der Waals surface area contributed by atoms with Crippen molar-refractivity contribution in [2.45, 2.75) is 6.61 Å². The summed E-state index contributed by atoms with van der Waals surface area (Å²) in [5.74, 6) is 0.841. The highest BCUT2D eigenvalue weighted by atomic mass is 79.9. The molecule has 1 N–H and O–H groups in total. The van der Waals surface area contributed by atoms with Gasteiger partial charge in [-0.25, -0.2) is 5.43 Å². The molecular weight excluding hydrogens is 496 g/mol. The van der Waals surface area contributed by atoms with E-state index < -0.39 is 5.91 Å². The van der Waals surface area contributed by atoms with Crippen molar-refractivity contribution < 1.29 is 18.7 Å². The second-order valence-corrected chi connectivity index (χ2v) is 8.11. The van der Waals surface area contributed by atoms with Gasteiger partial charge in [-0.3, -0.25) is 4.79 Å². The molecule has 1 aromatic heterocycles. The van der Waals surface area contributed by atoms with Crippen molar-refractivity contribution in [3.8, 4) is 11.5 Å². The molecule has 0 aliphatic rings. The number of fused-ring (bicyclic) bond motifs is 1. The molecule has 8 heteroatoms. The van der Waals surface area contributed by atoms with E-state index in [1.807, 2.05) is 36.4 Å². The maximum absolute atomic E-state index is 12.3. The van der Waals surface area contributed by atoms with Gasteiger partial charge in [-0.15, -0.1) is 0 Å². The van der Waals surface area contributed by atoms with Gasteiger partial charge in [0.2, 0.25) is 0 Å². The molecule has 4 rings (SSSR count). The molecule has 32 heavy (non-hydrogen) atoms. The van der Waals surface area contributed by atoms with Crippen LogP contribution < -0.4 is 14.9 Å². The van der Waals surface area contributed by atoms with Crippen LogP contribution in [0.3, 0.4) is 0 Å². The lowest BCUT2D eigenvalue weighted by Gasteiger charge is -2.12. The number of hydrazone groups is 1. The maximum atomic E-state index is 12.3. The maximum Gasteiger partial charge on any atom is 0.307 e. The van der Waals surface area contributed by atoms with Gasteiger partial charge in [0.1, 0.15) is 12.2 Å². The molecule has 0 atom stereocenters. The average Bonchev–Trinajstić information content (AvgIpc) is 3.22. The summed E-state index contributed by atoms with van der Waals surface area (Å²) < 4.78 is 17.7. The largest absolute Gasteiger partial charge is 0.493 e. The fraction of sp³-hybridized carbons (Fsp3) is 0.0833. The first kappa shape index (κ1) is 21.9. The minimum atomic E-state index is -0.444. The van der Waals surface area contributed by atoms with E-state index in [0.717, 1.165) is 21.0 Å². The zero-order valence-electron chi connectivity index (χ0n) is 17.0. The molecule has 0 radical (unpaired) electrons. The number of halogens is 2. The Bertz CT molecular complexity index is 1300. The van der Waals surface area contributed by atoms with E-state index in [4.69, 9.17) is 25.5 Å². The molecule has 4 aromatic rings. The molecule has 0 spiro atoms. The summed E-state index contributed by atoms with van der Waals surface area (Å²) in [5, 5.41) is 5.47. The number of ether oxygens (including phenoxy) is 2. The standard InChI is InChI=1S/C24H18BrClN2O4/c1-30-22-10-15(6-8-21(22)31-14-16-4-2-3-5-19(16)26)13-27-28-24(29)23-12-17-11-18(25)7-9-20(17)32-23/h2-13H,14H2,1H3,(H,28,29)/b27-13+. The molecule has 0 fully saturated rings. The lowest BCUT2D eigenvalue weighted by Crippen LogP contribution is -2.16. The highest BCUT2D eigenvalue weighted by Crippen LogP contribution is 2.29. The second kappa shape index (κ2) is 9.89. The molecule has 0 aliphatic heterocycles. The third kappa shape index (κ3) is 5.12. The number of nitrogens with zero attached hydrogens (tertiary/aromatic N) is 1. The molecule has 0 saturated heterocycles. The molecule has 3 aromatic carbocycles. The fourth-order valence-electron chi connectivity index (χ4n) is 3.00. The normalized spacial score (nSPS) is 11.1. The van der Waals surface area contributed by atoms with Crippen molar-refractivity contribution in [3.05, 3.63) is 93.1 Å². The first-order valence-corrected chi connectivity index (χ1v) is 10.8. The van der Waals surface area contributed by atoms with Crippen molar-refractivity contribution in [1.82, 2.24) is 5.43 Å². The van der Waals surface area contributed by atoms with E-state index in [0.29, 0.717) is 28.7 Å². The number of furan rings is 1. The first-order valence-electron chi connectivity index (χ1n) is 9.60. The van der Waals surface area contributed by atoms with E-state index in [2.05, 4.69) is 26.5 Å². The Hall–Kier alpha value is -3.29. The van der Waals surface area contributed by atoms with Crippen LogP contribution in [0.1, 0.15) is 21.7 Å². The van der Waals surface area contributed by atoms with Crippen LogP contribution in [-0.2, 0) is 6.61 Å². The molecule has 162 valence electrons. The highest BCUT2D eigenvalue weighted by Gasteiger charge is 2.12. The Morgan fingerprint density at radius 2 is 1.97 bits per heavy atom. The summed E-state index contributed by atoms with van der Waals surface area (Å²) in [6.45, 7) is 0.313. The van der Waals surface area contributed by atoms with Crippen LogP contribution in [0.4, 0.5) is 0 Å². The summed E-state index contributed by atoms with van der Waals surface area (Å²) in [6, 6.07) is 20.0. The topological polar surface area (TPSA) is 73.1 Å². The quantitative estimate of drug-likeness (QED) is 0.236. The minimum Gasteiger partial charge on any atom is -0.493 e. The predicted octanol–water partition coefficient (Wildman–Crippen LogP) is 6.20. The number of methoxy groups -OCH3 is 1. The first-order chi connectivity index (χ1) is 15.5. The van der Waals surface area contributed by atoms with Crippen molar-refractivity contribution in [2.24, 2.45) is 5.10 Å². The van der Waals surface area contributed by atoms with Crippen LogP contribution in [0, 0.1) is 0 Å². The van der Waals surface area contributed by atoms with Gasteiger partial charge in [0, 0.05) is 20.4 Å². The Labute approximate surface area is 197 Å².